The Balaban J connectivity index is 2.43. The van der Waals surface area contributed by atoms with Gasteiger partial charge < -0.3 is 20.8 Å². The summed E-state index contributed by atoms with van der Waals surface area (Å²) in [5.41, 5.74) is 1.03. The molecule has 0 saturated heterocycles. The van der Waals surface area contributed by atoms with Crippen LogP contribution in [-0.2, 0) is 4.79 Å². The molecule has 1 rings (SSSR count). The van der Waals surface area contributed by atoms with E-state index in [1.54, 1.807) is 6.92 Å². The molecule has 0 fully saturated rings. The quantitative estimate of drug-likeness (QED) is 0.643. The highest BCUT2D eigenvalue weighted by Gasteiger charge is 2.13. The van der Waals surface area contributed by atoms with E-state index in [0.29, 0.717) is 11.3 Å². The van der Waals surface area contributed by atoms with Crippen LogP contribution in [0.1, 0.15) is 12.0 Å². The molecule has 1 aromatic rings. The molecule has 0 aromatic heterocycles. The van der Waals surface area contributed by atoms with E-state index in [1.165, 1.54) is 18.2 Å². The fourth-order valence-electron chi connectivity index (χ4n) is 1.34. The Morgan fingerprint density at radius 1 is 1.42 bits per heavy atom. The van der Waals surface area contributed by atoms with Gasteiger partial charge in [-0.05, 0) is 24.6 Å². The first kappa shape index (κ1) is 14.9. The topological polar surface area (TPSA) is 98.7 Å². The molecule has 104 valence electrons. The second-order valence-corrected chi connectivity index (χ2v) is 3.98. The van der Waals surface area contributed by atoms with Gasteiger partial charge in [0, 0.05) is 18.7 Å². The number of aliphatic hydroxyl groups is 1. The van der Waals surface area contributed by atoms with E-state index in [0.717, 1.165) is 0 Å². The van der Waals surface area contributed by atoms with Crippen molar-refractivity contribution < 1.29 is 24.2 Å². The number of amides is 2. The number of aliphatic hydroxyl groups excluding tert-OH is 1. The molecule has 4 N–H and O–H groups in total. The van der Waals surface area contributed by atoms with Gasteiger partial charge in [-0.15, -0.1) is 0 Å². The third-order valence-electron chi connectivity index (χ3n) is 2.44. The summed E-state index contributed by atoms with van der Waals surface area (Å²) in [5.74, 6) is -1.81. The number of urea groups is 1. The zero-order valence-electron chi connectivity index (χ0n) is 10.3. The highest BCUT2D eigenvalue weighted by Crippen LogP contribution is 2.15. The first-order valence-corrected chi connectivity index (χ1v) is 5.62. The maximum absolute atomic E-state index is 13.0. The SMILES string of the molecule is Cc1ccc(F)cc1NC(=O)NCC[C@H](O)C(=O)O. The van der Waals surface area contributed by atoms with Crippen LogP contribution in [-0.4, -0.2) is 34.9 Å². The maximum atomic E-state index is 13.0. The van der Waals surface area contributed by atoms with Gasteiger partial charge in [-0.2, -0.15) is 0 Å². The Labute approximate surface area is 109 Å². The number of hydrogen-bond acceptors (Lipinski definition) is 3. The van der Waals surface area contributed by atoms with Crippen LogP contribution < -0.4 is 10.6 Å². The normalized spacial score (nSPS) is 11.7. The standard InChI is InChI=1S/C12H15FN2O4/c1-7-2-3-8(13)6-9(7)15-12(19)14-5-4-10(16)11(17)18/h2-3,6,10,16H,4-5H2,1H3,(H,17,18)(H2,14,15,19)/t10-/m0/s1. The van der Waals surface area contributed by atoms with Gasteiger partial charge in [-0.25, -0.2) is 14.0 Å². The summed E-state index contributed by atoms with van der Waals surface area (Å²) in [7, 11) is 0. The molecule has 7 heteroatoms. The van der Waals surface area contributed by atoms with Gasteiger partial charge in [-0.1, -0.05) is 6.07 Å². The third kappa shape index (κ3) is 4.92. The van der Waals surface area contributed by atoms with Crippen molar-refractivity contribution in [2.45, 2.75) is 19.4 Å². The number of hydrogen-bond donors (Lipinski definition) is 4. The van der Waals surface area contributed by atoms with Crippen molar-refractivity contribution in [3.63, 3.8) is 0 Å². The minimum absolute atomic E-state index is 0.00629. The van der Waals surface area contributed by atoms with Crippen LogP contribution in [0.4, 0.5) is 14.9 Å². The lowest BCUT2D eigenvalue weighted by atomic mass is 10.2. The molecule has 0 saturated carbocycles. The van der Waals surface area contributed by atoms with Crippen LogP contribution in [0.3, 0.4) is 0 Å². The lowest BCUT2D eigenvalue weighted by Crippen LogP contribution is -2.33. The van der Waals surface area contributed by atoms with Gasteiger partial charge in [0.05, 0.1) is 0 Å². The van der Waals surface area contributed by atoms with Crippen molar-refractivity contribution in [1.82, 2.24) is 5.32 Å². The lowest BCUT2D eigenvalue weighted by molar-refractivity contribution is -0.146. The summed E-state index contributed by atoms with van der Waals surface area (Å²) in [6.45, 7) is 1.71. The maximum Gasteiger partial charge on any atom is 0.332 e. The Bertz CT molecular complexity index is 479. The minimum atomic E-state index is -1.52. The van der Waals surface area contributed by atoms with Gasteiger partial charge in [0.25, 0.3) is 0 Å². The molecule has 0 aliphatic heterocycles. The smallest absolute Gasteiger partial charge is 0.332 e. The molecule has 0 unspecified atom stereocenters. The first-order chi connectivity index (χ1) is 8.90. The van der Waals surface area contributed by atoms with Gasteiger partial charge in [0.15, 0.2) is 6.10 Å². The second-order valence-electron chi connectivity index (χ2n) is 3.98. The van der Waals surface area contributed by atoms with Crippen molar-refractivity contribution in [3.05, 3.63) is 29.6 Å². The molecule has 0 bridgehead atoms. The molecule has 19 heavy (non-hydrogen) atoms. The largest absolute Gasteiger partial charge is 0.479 e. The number of carbonyl (C=O) groups excluding carboxylic acids is 1. The average Bonchev–Trinajstić information content (AvgIpc) is 2.33. The predicted molar refractivity (Wildman–Crippen MR) is 66.4 cm³/mol. The van der Waals surface area contributed by atoms with Gasteiger partial charge in [0.1, 0.15) is 5.82 Å². The van der Waals surface area contributed by atoms with Crippen LogP contribution in [0, 0.1) is 12.7 Å². The molecule has 2 amide bonds. The number of halogens is 1. The van der Waals surface area contributed by atoms with Crippen molar-refractivity contribution in [3.8, 4) is 0 Å². The lowest BCUT2D eigenvalue weighted by Gasteiger charge is -2.10. The third-order valence-corrected chi connectivity index (χ3v) is 2.44. The van der Waals surface area contributed by atoms with E-state index < -0.39 is 23.9 Å². The number of benzene rings is 1. The number of carbonyl (C=O) groups is 2. The molecule has 0 heterocycles. The van der Waals surface area contributed by atoms with E-state index in [2.05, 4.69) is 10.6 Å². The summed E-state index contributed by atoms with van der Waals surface area (Å²) in [5, 5.41) is 22.2. The van der Waals surface area contributed by atoms with Crippen molar-refractivity contribution in [2.24, 2.45) is 0 Å². The van der Waals surface area contributed by atoms with Crippen LogP contribution in [0.15, 0.2) is 18.2 Å². The highest BCUT2D eigenvalue weighted by atomic mass is 19.1. The molecule has 1 atom stereocenters. The summed E-state index contributed by atoms with van der Waals surface area (Å²) < 4.78 is 13.0. The number of aryl methyl sites for hydroxylation is 1. The van der Waals surface area contributed by atoms with Crippen LogP contribution in [0.25, 0.3) is 0 Å². The summed E-state index contributed by atoms with van der Waals surface area (Å²) in [4.78, 5) is 21.8. The molecular weight excluding hydrogens is 255 g/mol. The van der Waals surface area contributed by atoms with E-state index in [9.17, 15) is 14.0 Å². The Morgan fingerprint density at radius 2 is 2.11 bits per heavy atom. The van der Waals surface area contributed by atoms with E-state index >= 15 is 0 Å². The zero-order chi connectivity index (χ0) is 14.4. The minimum Gasteiger partial charge on any atom is -0.479 e. The molecule has 6 nitrogen and oxygen atoms in total. The first-order valence-electron chi connectivity index (χ1n) is 5.62. The van der Waals surface area contributed by atoms with E-state index in [4.69, 9.17) is 10.2 Å². The van der Waals surface area contributed by atoms with Crippen molar-refractivity contribution >= 4 is 17.7 Å². The van der Waals surface area contributed by atoms with Crippen LogP contribution in [0.2, 0.25) is 0 Å². The number of carboxylic acids is 1. The number of aliphatic carboxylic acids is 1. The molecule has 1 aromatic carbocycles. The fraction of sp³-hybridized carbons (Fsp3) is 0.333. The molecular formula is C12H15FN2O4. The van der Waals surface area contributed by atoms with Crippen molar-refractivity contribution in [1.29, 1.82) is 0 Å². The van der Waals surface area contributed by atoms with Gasteiger partial charge in [0.2, 0.25) is 0 Å². The van der Waals surface area contributed by atoms with E-state index in [1.807, 2.05) is 0 Å². The summed E-state index contributed by atoms with van der Waals surface area (Å²) >= 11 is 0. The average molecular weight is 270 g/mol. The molecule has 0 aliphatic rings. The van der Waals surface area contributed by atoms with Crippen molar-refractivity contribution in [2.75, 3.05) is 11.9 Å². The second kappa shape index (κ2) is 6.69. The number of anilines is 1. The number of rotatable bonds is 5. The Morgan fingerprint density at radius 3 is 2.74 bits per heavy atom. The monoisotopic (exact) mass is 270 g/mol. The van der Waals surface area contributed by atoms with E-state index in [-0.39, 0.29) is 13.0 Å². The summed E-state index contributed by atoms with van der Waals surface area (Å²) in [6.07, 6.45) is -1.62. The highest BCUT2D eigenvalue weighted by molar-refractivity contribution is 5.90. The Hall–Kier alpha value is -2.15. The van der Waals surface area contributed by atoms with Crippen LogP contribution >= 0.6 is 0 Å². The Kier molecular flexibility index (Phi) is 5.25. The number of carboxylic acid groups (broad SMARTS) is 1. The van der Waals surface area contributed by atoms with Gasteiger partial charge in [-0.3, -0.25) is 0 Å². The number of nitrogens with one attached hydrogen (secondary N) is 2. The molecule has 0 radical (unpaired) electrons. The van der Waals surface area contributed by atoms with Gasteiger partial charge >= 0.3 is 12.0 Å². The van der Waals surface area contributed by atoms with Crippen LogP contribution in [0.5, 0.6) is 0 Å². The molecule has 0 spiro atoms. The molecule has 0 aliphatic carbocycles. The zero-order valence-corrected chi connectivity index (χ0v) is 10.3. The predicted octanol–water partition coefficient (Wildman–Crippen LogP) is 1.09. The summed E-state index contributed by atoms with van der Waals surface area (Å²) in [6, 6.07) is 3.40. The fourth-order valence-corrected chi connectivity index (χ4v) is 1.34.